The number of ether oxygens (including phenoxy) is 1. The summed E-state index contributed by atoms with van der Waals surface area (Å²) in [4.78, 5) is 31.4. The Morgan fingerprint density at radius 2 is 1.79 bits per heavy atom. The lowest BCUT2D eigenvalue weighted by Crippen LogP contribution is -2.37. The van der Waals surface area contributed by atoms with Gasteiger partial charge in [-0.3, -0.25) is 4.79 Å². The molecule has 1 heterocycles. The van der Waals surface area contributed by atoms with Crippen molar-refractivity contribution in [3.63, 3.8) is 0 Å². The van der Waals surface area contributed by atoms with Gasteiger partial charge < -0.3 is 9.64 Å². The number of thiazole rings is 1. The van der Waals surface area contributed by atoms with Gasteiger partial charge in [-0.2, -0.15) is 0 Å². The lowest BCUT2D eigenvalue weighted by molar-refractivity contribution is -0.139. The molecule has 0 radical (unpaired) electrons. The molecule has 0 aliphatic carbocycles. The summed E-state index contributed by atoms with van der Waals surface area (Å²) in [6.45, 7) is 3.68. The van der Waals surface area contributed by atoms with Crippen LogP contribution in [0.1, 0.15) is 27.9 Å². The number of hydrogen-bond acceptors (Lipinski definition) is 5. The van der Waals surface area contributed by atoms with Crippen LogP contribution in [0.3, 0.4) is 0 Å². The molecule has 1 aromatic heterocycles. The SMILES string of the molecule is Cc1nc(-c2ccc(F)cc2)sc1C(=O)O[C@@H](C)C(=O)N(C)Cc1ccccc1. The van der Waals surface area contributed by atoms with Gasteiger partial charge in [-0.25, -0.2) is 14.2 Å². The smallest absolute Gasteiger partial charge is 0.351 e. The first-order chi connectivity index (χ1) is 13.8. The van der Waals surface area contributed by atoms with Crippen molar-refractivity contribution in [1.29, 1.82) is 0 Å². The second kappa shape index (κ2) is 8.96. The van der Waals surface area contributed by atoms with Crippen LogP contribution in [0.2, 0.25) is 0 Å². The zero-order chi connectivity index (χ0) is 21.0. The molecule has 0 spiro atoms. The number of rotatable bonds is 6. The summed E-state index contributed by atoms with van der Waals surface area (Å²) in [6, 6.07) is 15.5. The lowest BCUT2D eigenvalue weighted by Gasteiger charge is -2.21. The second-order valence-electron chi connectivity index (χ2n) is 6.67. The molecule has 0 bridgehead atoms. The molecule has 1 amide bonds. The molecule has 150 valence electrons. The fraction of sp³-hybridized carbons (Fsp3) is 0.227. The second-order valence-corrected chi connectivity index (χ2v) is 7.67. The fourth-order valence-corrected chi connectivity index (χ4v) is 3.77. The third-order valence-electron chi connectivity index (χ3n) is 4.34. The highest BCUT2D eigenvalue weighted by atomic mass is 32.1. The van der Waals surface area contributed by atoms with Gasteiger partial charge >= 0.3 is 5.97 Å². The molecule has 0 saturated heterocycles. The van der Waals surface area contributed by atoms with Gasteiger partial charge in [-0.1, -0.05) is 30.3 Å². The van der Waals surface area contributed by atoms with Crippen LogP contribution in [0.5, 0.6) is 0 Å². The Morgan fingerprint density at radius 1 is 1.14 bits per heavy atom. The van der Waals surface area contributed by atoms with E-state index >= 15 is 0 Å². The quantitative estimate of drug-likeness (QED) is 0.561. The van der Waals surface area contributed by atoms with E-state index in [9.17, 15) is 14.0 Å². The topological polar surface area (TPSA) is 59.5 Å². The Balaban J connectivity index is 1.66. The van der Waals surface area contributed by atoms with Crippen LogP contribution in [-0.2, 0) is 16.1 Å². The molecule has 0 saturated carbocycles. The van der Waals surface area contributed by atoms with Crippen LogP contribution in [-0.4, -0.2) is 34.9 Å². The highest BCUT2D eigenvalue weighted by Crippen LogP contribution is 2.28. The van der Waals surface area contributed by atoms with Gasteiger partial charge in [0.25, 0.3) is 5.91 Å². The minimum atomic E-state index is -0.924. The van der Waals surface area contributed by atoms with Gasteiger partial charge in [0.1, 0.15) is 15.7 Å². The summed E-state index contributed by atoms with van der Waals surface area (Å²) < 4.78 is 18.5. The zero-order valence-electron chi connectivity index (χ0n) is 16.4. The van der Waals surface area contributed by atoms with Crippen LogP contribution in [0.25, 0.3) is 10.6 Å². The van der Waals surface area contributed by atoms with Gasteiger partial charge in [-0.05, 0) is 43.7 Å². The molecular formula is C22H21FN2O3S. The summed E-state index contributed by atoms with van der Waals surface area (Å²) in [7, 11) is 1.67. The average molecular weight is 412 g/mol. The first kappa shape index (κ1) is 20.7. The molecule has 29 heavy (non-hydrogen) atoms. The number of aryl methyl sites for hydroxylation is 1. The van der Waals surface area contributed by atoms with Crippen molar-refractivity contribution in [2.24, 2.45) is 0 Å². The number of aromatic nitrogens is 1. The van der Waals surface area contributed by atoms with E-state index in [1.54, 1.807) is 33.0 Å². The molecular weight excluding hydrogens is 391 g/mol. The number of likely N-dealkylation sites (N-methyl/N-ethyl adjacent to an activating group) is 1. The third-order valence-corrected chi connectivity index (χ3v) is 5.53. The van der Waals surface area contributed by atoms with Crippen molar-refractivity contribution < 1.29 is 18.7 Å². The van der Waals surface area contributed by atoms with Gasteiger partial charge in [0.05, 0.1) is 5.69 Å². The summed E-state index contributed by atoms with van der Waals surface area (Å²) in [5, 5.41) is 0.592. The Kier molecular flexibility index (Phi) is 6.39. The van der Waals surface area contributed by atoms with E-state index in [-0.39, 0.29) is 11.7 Å². The minimum absolute atomic E-state index is 0.289. The normalized spacial score (nSPS) is 11.7. The van der Waals surface area contributed by atoms with Crippen molar-refractivity contribution in [3.8, 4) is 10.6 Å². The van der Waals surface area contributed by atoms with Crippen LogP contribution in [0, 0.1) is 12.7 Å². The predicted octanol–water partition coefficient (Wildman–Crippen LogP) is 4.46. The zero-order valence-corrected chi connectivity index (χ0v) is 17.2. The number of benzene rings is 2. The Labute approximate surface area is 172 Å². The molecule has 0 aliphatic rings. The number of halogens is 1. The van der Waals surface area contributed by atoms with Gasteiger partial charge in [0.15, 0.2) is 6.10 Å². The molecule has 0 unspecified atom stereocenters. The molecule has 7 heteroatoms. The highest BCUT2D eigenvalue weighted by Gasteiger charge is 2.25. The van der Waals surface area contributed by atoms with Crippen molar-refractivity contribution in [2.75, 3.05) is 7.05 Å². The Morgan fingerprint density at radius 3 is 2.45 bits per heavy atom. The lowest BCUT2D eigenvalue weighted by atomic mass is 10.2. The number of carbonyl (C=O) groups excluding carboxylic acids is 2. The number of carbonyl (C=O) groups is 2. The maximum Gasteiger partial charge on any atom is 0.351 e. The van der Waals surface area contributed by atoms with Gasteiger partial charge in [0.2, 0.25) is 0 Å². The number of esters is 1. The number of amides is 1. The molecule has 1 atom stereocenters. The third kappa shape index (κ3) is 5.06. The fourth-order valence-electron chi connectivity index (χ4n) is 2.81. The van der Waals surface area contributed by atoms with Crippen LogP contribution in [0.15, 0.2) is 54.6 Å². The summed E-state index contributed by atoms with van der Waals surface area (Å²) >= 11 is 1.16. The molecule has 3 rings (SSSR count). The van der Waals surface area contributed by atoms with Crippen molar-refractivity contribution in [1.82, 2.24) is 9.88 Å². The van der Waals surface area contributed by atoms with E-state index < -0.39 is 12.1 Å². The monoisotopic (exact) mass is 412 g/mol. The van der Waals surface area contributed by atoms with E-state index in [1.165, 1.54) is 17.0 Å². The first-order valence-corrected chi connectivity index (χ1v) is 9.90. The van der Waals surface area contributed by atoms with Gasteiger partial charge in [-0.15, -0.1) is 11.3 Å². The standard InChI is InChI=1S/C22H21FN2O3S/c1-14-19(29-20(24-14)17-9-11-18(23)12-10-17)22(27)28-15(2)21(26)25(3)13-16-7-5-4-6-8-16/h4-12,15H,13H2,1-3H3/t15-/m0/s1. The van der Waals surface area contributed by atoms with E-state index in [0.29, 0.717) is 27.7 Å². The number of hydrogen-bond donors (Lipinski definition) is 0. The summed E-state index contributed by atoms with van der Waals surface area (Å²) in [5.41, 5.74) is 2.21. The van der Waals surface area contributed by atoms with E-state index in [4.69, 9.17) is 4.74 Å². The average Bonchev–Trinajstić information content (AvgIpc) is 3.10. The molecule has 2 aromatic carbocycles. The minimum Gasteiger partial charge on any atom is -0.448 e. The van der Waals surface area contributed by atoms with Crippen molar-refractivity contribution in [2.45, 2.75) is 26.5 Å². The van der Waals surface area contributed by atoms with Crippen LogP contribution in [0.4, 0.5) is 4.39 Å². The number of nitrogens with zero attached hydrogens (tertiary/aromatic N) is 2. The highest BCUT2D eigenvalue weighted by molar-refractivity contribution is 7.17. The molecule has 3 aromatic rings. The Bertz CT molecular complexity index is 1000. The Hall–Kier alpha value is -3.06. The summed E-state index contributed by atoms with van der Waals surface area (Å²) in [5.74, 6) is -1.22. The molecule has 5 nitrogen and oxygen atoms in total. The molecule has 0 aliphatic heterocycles. The summed E-state index contributed by atoms with van der Waals surface area (Å²) in [6.07, 6.45) is -0.924. The maximum absolute atomic E-state index is 13.1. The molecule has 0 N–H and O–H groups in total. The maximum atomic E-state index is 13.1. The van der Waals surface area contributed by atoms with E-state index in [1.807, 2.05) is 30.3 Å². The largest absolute Gasteiger partial charge is 0.448 e. The van der Waals surface area contributed by atoms with Crippen molar-refractivity contribution >= 4 is 23.2 Å². The predicted molar refractivity (Wildman–Crippen MR) is 110 cm³/mol. The van der Waals surface area contributed by atoms with Crippen LogP contribution < -0.4 is 0 Å². The van der Waals surface area contributed by atoms with Crippen LogP contribution >= 0.6 is 11.3 Å². The van der Waals surface area contributed by atoms with E-state index in [0.717, 1.165) is 16.9 Å². The molecule has 0 fully saturated rings. The van der Waals surface area contributed by atoms with Crippen molar-refractivity contribution in [3.05, 3.63) is 76.5 Å². The van der Waals surface area contributed by atoms with E-state index in [2.05, 4.69) is 4.98 Å². The van der Waals surface area contributed by atoms with Gasteiger partial charge in [0, 0.05) is 19.2 Å². The first-order valence-electron chi connectivity index (χ1n) is 9.08.